The van der Waals surface area contributed by atoms with Crippen molar-refractivity contribution in [3.8, 4) is 11.5 Å². The molecule has 2 aromatic rings. The first kappa shape index (κ1) is 18.8. The van der Waals surface area contributed by atoms with Crippen molar-refractivity contribution in [2.45, 2.75) is 13.2 Å². The molecular formula is C19H22O6. The van der Waals surface area contributed by atoms with Crippen molar-refractivity contribution in [1.29, 1.82) is 0 Å². The fourth-order valence-electron chi connectivity index (χ4n) is 2.19. The first-order chi connectivity index (χ1) is 12.1. The number of carbonyl (C=O) groups is 1. The van der Waals surface area contributed by atoms with Gasteiger partial charge in [0.1, 0.15) is 24.7 Å². The minimum Gasteiger partial charge on any atom is -0.491 e. The zero-order chi connectivity index (χ0) is 18.1. The highest BCUT2D eigenvalue weighted by molar-refractivity contribution is 5.89. The molecule has 25 heavy (non-hydrogen) atoms. The number of benzene rings is 2. The van der Waals surface area contributed by atoms with Gasteiger partial charge >= 0.3 is 5.97 Å². The first-order valence-corrected chi connectivity index (χ1v) is 7.97. The van der Waals surface area contributed by atoms with Gasteiger partial charge in [-0.2, -0.15) is 0 Å². The molecule has 2 aromatic carbocycles. The second-order valence-electron chi connectivity index (χ2n) is 5.19. The molecule has 0 aliphatic carbocycles. The molecule has 0 heterocycles. The Kier molecular flexibility index (Phi) is 7.25. The lowest BCUT2D eigenvalue weighted by molar-refractivity contribution is -0.139. The van der Waals surface area contributed by atoms with Gasteiger partial charge < -0.3 is 24.1 Å². The summed E-state index contributed by atoms with van der Waals surface area (Å²) in [7, 11) is 0. The zero-order valence-electron chi connectivity index (χ0n) is 14.1. The van der Waals surface area contributed by atoms with Crippen LogP contribution in [-0.2, 0) is 14.3 Å². The average molecular weight is 346 g/mol. The fraction of sp³-hybridized carbons (Fsp3) is 0.316. The molecule has 0 aliphatic rings. The van der Waals surface area contributed by atoms with E-state index in [2.05, 4.69) is 6.58 Å². The van der Waals surface area contributed by atoms with E-state index in [0.29, 0.717) is 31.3 Å². The highest BCUT2D eigenvalue weighted by Crippen LogP contribution is 2.29. The van der Waals surface area contributed by atoms with E-state index >= 15 is 0 Å². The van der Waals surface area contributed by atoms with Gasteiger partial charge in [0, 0.05) is 11.5 Å². The SMILES string of the molecule is C=CC(=O)OCCOCCOc1ccc2c(OC(C)O)cccc2c1. The molecule has 1 unspecified atom stereocenters. The lowest BCUT2D eigenvalue weighted by Gasteiger charge is -2.12. The van der Waals surface area contributed by atoms with Crippen molar-refractivity contribution in [3.63, 3.8) is 0 Å². The minimum atomic E-state index is -0.871. The lowest BCUT2D eigenvalue weighted by Crippen LogP contribution is -2.12. The number of hydrogen-bond acceptors (Lipinski definition) is 6. The van der Waals surface area contributed by atoms with Crippen molar-refractivity contribution in [3.05, 3.63) is 49.1 Å². The molecule has 0 bridgehead atoms. The second-order valence-corrected chi connectivity index (χ2v) is 5.19. The van der Waals surface area contributed by atoms with Gasteiger partial charge in [-0.25, -0.2) is 4.79 Å². The van der Waals surface area contributed by atoms with Gasteiger partial charge in [0.25, 0.3) is 0 Å². The molecule has 0 aromatic heterocycles. The van der Waals surface area contributed by atoms with Crippen LogP contribution < -0.4 is 9.47 Å². The molecule has 6 nitrogen and oxygen atoms in total. The molecule has 134 valence electrons. The quantitative estimate of drug-likeness (QED) is 0.309. The predicted octanol–water partition coefficient (Wildman–Crippen LogP) is 2.68. The number of ether oxygens (including phenoxy) is 4. The Balaban J connectivity index is 1.80. The van der Waals surface area contributed by atoms with Crippen LogP contribution in [0.15, 0.2) is 49.1 Å². The van der Waals surface area contributed by atoms with Crippen molar-refractivity contribution in [1.82, 2.24) is 0 Å². The van der Waals surface area contributed by atoms with Crippen molar-refractivity contribution < 1.29 is 28.8 Å². The van der Waals surface area contributed by atoms with Gasteiger partial charge in [0.15, 0.2) is 6.29 Å². The number of aliphatic hydroxyl groups excluding tert-OH is 1. The maximum atomic E-state index is 10.8. The van der Waals surface area contributed by atoms with Crippen molar-refractivity contribution in [2.75, 3.05) is 26.4 Å². The molecule has 6 heteroatoms. The van der Waals surface area contributed by atoms with Gasteiger partial charge in [-0.1, -0.05) is 18.7 Å². The number of rotatable bonds is 10. The Hall–Kier alpha value is -2.57. The summed E-state index contributed by atoms with van der Waals surface area (Å²) in [5.41, 5.74) is 0. The smallest absolute Gasteiger partial charge is 0.330 e. The molecule has 1 N–H and O–H groups in total. The van der Waals surface area contributed by atoms with E-state index in [-0.39, 0.29) is 6.61 Å². The summed E-state index contributed by atoms with van der Waals surface area (Å²) in [5.74, 6) is 0.870. The Morgan fingerprint density at radius 1 is 1.20 bits per heavy atom. The average Bonchev–Trinajstić information content (AvgIpc) is 2.60. The van der Waals surface area contributed by atoms with E-state index in [1.807, 2.05) is 36.4 Å². The second kappa shape index (κ2) is 9.66. The lowest BCUT2D eigenvalue weighted by atomic mass is 10.1. The number of carbonyl (C=O) groups excluding carboxylic acids is 1. The van der Waals surface area contributed by atoms with Crippen LogP contribution in [0.4, 0.5) is 0 Å². The van der Waals surface area contributed by atoms with Gasteiger partial charge in [-0.15, -0.1) is 0 Å². The standard InChI is InChI=1S/C19H22O6/c1-3-19(21)24-12-10-22-9-11-23-16-7-8-17-15(13-16)5-4-6-18(17)25-14(2)20/h3-8,13-14,20H,1,9-12H2,2H3. The van der Waals surface area contributed by atoms with Crippen LogP contribution in [-0.4, -0.2) is 43.8 Å². The summed E-state index contributed by atoms with van der Waals surface area (Å²) in [6.45, 7) is 6.13. The molecule has 0 fully saturated rings. The Labute approximate surface area is 146 Å². The highest BCUT2D eigenvalue weighted by Gasteiger charge is 2.06. The number of aliphatic hydroxyl groups is 1. The summed E-state index contributed by atoms with van der Waals surface area (Å²) >= 11 is 0. The monoisotopic (exact) mass is 346 g/mol. The fourth-order valence-corrected chi connectivity index (χ4v) is 2.19. The predicted molar refractivity (Wildman–Crippen MR) is 93.7 cm³/mol. The third kappa shape index (κ3) is 6.10. The first-order valence-electron chi connectivity index (χ1n) is 7.97. The van der Waals surface area contributed by atoms with E-state index in [9.17, 15) is 9.90 Å². The van der Waals surface area contributed by atoms with Gasteiger partial charge in [0.2, 0.25) is 0 Å². The van der Waals surface area contributed by atoms with Gasteiger partial charge in [0.05, 0.1) is 13.2 Å². The van der Waals surface area contributed by atoms with Crippen LogP contribution in [0.3, 0.4) is 0 Å². The topological polar surface area (TPSA) is 74.2 Å². The minimum absolute atomic E-state index is 0.187. The van der Waals surface area contributed by atoms with Gasteiger partial charge in [-0.05, 0) is 36.6 Å². The Bertz CT molecular complexity index is 710. The summed E-state index contributed by atoms with van der Waals surface area (Å²) < 4.78 is 21.1. The zero-order valence-corrected chi connectivity index (χ0v) is 14.1. The molecule has 2 rings (SSSR count). The van der Waals surface area contributed by atoms with Crippen molar-refractivity contribution >= 4 is 16.7 Å². The van der Waals surface area contributed by atoms with Crippen LogP contribution in [0.25, 0.3) is 10.8 Å². The molecule has 0 saturated heterocycles. The normalized spacial score (nSPS) is 11.8. The van der Waals surface area contributed by atoms with Crippen LogP contribution in [0.5, 0.6) is 11.5 Å². The molecule has 0 radical (unpaired) electrons. The number of esters is 1. The summed E-state index contributed by atoms with van der Waals surface area (Å²) in [6, 6.07) is 11.2. The van der Waals surface area contributed by atoms with E-state index in [1.54, 1.807) is 6.92 Å². The van der Waals surface area contributed by atoms with E-state index in [1.165, 1.54) is 0 Å². The molecule has 0 amide bonds. The number of hydrogen-bond donors (Lipinski definition) is 1. The van der Waals surface area contributed by atoms with E-state index in [4.69, 9.17) is 18.9 Å². The van der Waals surface area contributed by atoms with Crippen LogP contribution in [0.1, 0.15) is 6.92 Å². The van der Waals surface area contributed by atoms with Crippen molar-refractivity contribution in [2.24, 2.45) is 0 Å². The molecule has 0 aliphatic heterocycles. The van der Waals surface area contributed by atoms with Crippen LogP contribution in [0.2, 0.25) is 0 Å². The molecule has 0 saturated carbocycles. The summed E-state index contributed by atoms with van der Waals surface area (Å²) in [5, 5.41) is 11.2. The van der Waals surface area contributed by atoms with E-state index in [0.717, 1.165) is 16.8 Å². The molecular weight excluding hydrogens is 324 g/mol. The van der Waals surface area contributed by atoms with Gasteiger partial charge in [-0.3, -0.25) is 0 Å². The maximum Gasteiger partial charge on any atom is 0.330 e. The van der Waals surface area contributed by atoms with Crippen LogP contribution >= 0.6 is 0 Å². The molecule has 0 spiro atoms. The summed E-state index contributed by atoms with van der Waals surface area (Å²) in [4.78, 5) is 10.8. The summed E-state index contributed by atoms with van der Waals surface area (Å²) in [6.07, 6.45) is 0.241. The Morgan fingerprint density at radius 3 is 2.76 bits per heavy atom. The van der Waals surface area contributed by atoms with Crippen LogP contribution in [0, 0.1) is 0 Å². The number of fused-ring (bicyclic) bond motifs is 1. The van der Waals surface area contributed by atoms with E-state index < -0.39 is 12.3 Å². The highest BCUT2D eigenvalue weighted by atomic mass is 16.6. The largest absolute Gasteiger partial charge is 0.491 e. The molecule has 1 atom stereocenters. The maximum absolute atomic E-state index is 10.8. The third-order valence-corrected chi connectivity index (χ3v) is 3.24. The third-order valence-electron chi connectivity index (χ3n) is 3.24. The Morgan fingerprint density at radius 2 is 2.00 bits per heavy atom.